The van der Waals surface area contributed by atoms with Crippen LogP contribution in [0.25, 0.3) is 11.0 Å². The minimum absolute atomic E-state index is 0.597. The van der Waals surface area contributed by atoms with E-state index in [2.05, 4.69) is 9.97 Å². The Labute approximate surface area is 83.3 Å². The lowest BCUT2D eigenvalue weighted by molar-refractivity contribution is 0.976. The number of fused-ring (bicyclic) bond motifs is 1. The summed E-state index contributed by atoms with van der Waals surface area (Å²) in [6.45, 7) is 3.15. The Morgan fingerprint density at radius 3 is 2.43 bits per heavy atom. The number of H-pyrrole nitrogens is 1. The fourth-order valence-corrected chi connectivity index (χ4v) is 1.08. The van der Waals surface area contributed by atoms with Gasteiger partial charge in [-0.15, -0.1) is 0 Å². The fraction of sp³-hybridized carbons (Fsp3) is 0.300. The van der Waals surface area contributed by atoms with Gasteiger partial charge in [0.15, 0.2) is 0 Å². The molecule has 0 bridgehead atoms. The van der Waals surface area contributed by atoms with Crippen LogP contribution in [0.3, 0.4) is 0 Å². The molecule has 5 N–H and O–H groups in total. The maximum atomic E-state index is 4.90. The zero-order valence-electron chi connectivity index (χ0n) is 8.33. The zero-order chi connectivity index (χ0) is 10.4. The van der Waals surface area contributed by atoms with Gasteiger partial charge in [-0.2, -0.15) is 0 Å². The number of hydrogen-bond acceptors (Lipinski definition) is 3. The number of aromatic amines is 1. The lowest BCUT2D eigenvalue weighted by Gasteiger charge is -1.81. The van der Waals surface area contributed by atoms with Gasteiger partial charge >= 0.3 is 0 Å². The molecule has 0 atom stereocenters. The van der Waals surface area contributed by atoms with Crippen molar-refractivity contribution in [2.24, 2.45) is 11.5 Å². The van der Waals surface area contributed by atoms with E-state index in [1.807, 2.05) is 31.2 Å². The highest BCUT2D eigenvalue weighted by Crippen LogP contribution is 2.08. The molecule has 0 amide bonds. The van der Waals surface area contributed by atoms with Crippen LogP contribution < -0.4 is 11.5 Å². The lowest BCUT2D eigenvalue weighted by atomic mass is 10.3. The quantitative estimate of drug-likeness (QED) is 0.624. The summed E-state index contributed by atoms with van der Waals surface area (Å²) in [5.74, 6) is 0.973. The molecule has 1 aromatic carbocycles. The molecule has 1 heterocycles. The number of rotatable bonds is 1. The van der Waals surface area contributed by atoms with Gasteiger partial charge in [0.1, 0.15) is 5.82 Å². The van der Waals surface area contributed by atoms with Crippen LogP contribution in [-0.2, 0) is 0 Å². The first-order chi connectivity index (χ1) is 6.77. The summed E-state index contributed by atoms with van der Waals surface area (Å²) >= 11 is 0. The molecule has 4 heteroatoms. The Morgan fingerprint density at radius 2 is 1.86 bits per heavy atom. The van der Waals surface area contributed by atoms with Crippen molar-refractivity contribution in [2.45, 2.75) is 6.92 Å². The molecule has 0 radical (unpaired) electrons. The summed E-state index contributed by atoms with van der Waals surface area (Å²) in [4.78, 5) is 7.40. The van der Waals surface area contributed by atoms with Crippen LogP contribution in [0.2, 0.25) is 0 Å². The van der Waals surface area contributed by atoms with Gasteiger partial charge in [0.05, 0.1) is 11.0 Å². The third kappa shape index (κ3) is 2.83. The molecule has 0 aliphatic carbocycles. The zero-order valence-corrected chi connectivity index (χ0v) is 8.33. The van der Waals surface area contributed by atoms with Gasteiger partial charge in [-0.3, -0.25) is 0 Å². The minimum Gasteiger partial charge on any atom is -0.342 e. The molecule has 0 saturated heterocycles. The summed E-state index contributed by atoms with van der Waals surface area (Å²) in [6, 6.07) is 8.01. The summed E-state index contributed by atoms with van der Waals surface area (Å²) in [5, 5.41) is 0. The highest BCUT2D eigenvalue weighted by atomic mass is 14.9. The smallest absolute Gasteiger partial charge is 0.104 e. The molecule has 2 rings (SSSR count). The number of aromatic nitrogens is 2. The van der Waals surface area contributed by atoms with E-state index in [1.165, 1.54) is 0 Å². The van der Waals surface area contributed by atoms with Gasteiger partial charge < -0.3 is 16.5 Å². The number of imidazole rings is 1. The molecule has 14 heavy (non-hydrogen) atoms. The van der Waals surface area contributed by atoms with E-state index in [-0.39, 0.29) is 0 Å². The molecule has 0 aliphatic rings. The molecule has 76 valence electrons. The van der Waals surface area contributed by atoms with Crippen molar-refractivity contribution in [1.82, 2.24) is 9.97 Å². The van der Waals surface area contributed by atoms with Crippen LogP contribution in [0.15, 0.2) is 24.3 Å². The maximum absolute atomic E-state index is 4.90. The summed E-state index contributed by atoms with van der Waals surface area (Å²) < 4.78 is 0. The van der Waals surface area contributed by atoms with Crippen molar-refractivity contribution in [3.63, 3.8) is 0 Å². The first kappa shape index (κ1) is 10.7. The van der Waals surface area contributed by atoms with Crippen molar-refractivity contribution in [2.75, 3.05) is 13.1 Å². The summed E-state index contributed by atoms with van der Waals surface area (Å²) in [7, 11) is 0. The van der Waals surface area contributed by atoms with Gasteiger partial charge in [-0.1, -0.05) is 12.1 Å². The van der Waals surface area contributed by atoms with Gasteiger partial charge in [-0.25, -0.2) is 4.98 Å². The van der Waals surface area contributed by atoms with Crippen molar-refractivity contribution in [1.29, 1.82) is 0 Å². The second-order valence-corrected chi connectivity index (χ2v) is 2.92. The van der Waals surface area contributed by atoms with E-state index in [1.54, 1.807) is 0 Å². The van der Waals surface area contributed by atoms with Crippen molar-refractivity contribution in [3.8, 4) is 0 Å². The minimum atomic E-state index is 0.597. The van der Waals surface area contributed by atoms with Crippen LogP contribution >= 0.6 is 0 Å². The SMILES string of the molecule is Cc1nc2ccccc2[nH]1.NCCN. The molecule has 0 unspecified atom stereocenters. The molecule has 4 nitrogen and oxygen atoms in total. The van der Waals surface area contributed by atoms with Gasteiger partial charge in [0.25, 0.3) is 0 Å². The van der Waals surface area contributed by atoms with Crippen molar-refractivity contribution < 1.29 is 0 Å². The third-order valence-corrected chi connectivity index (χ3v) is 1.67. The van der Waals surface area contributed by atoms with E-state index in [0.717, 1.165) is 16.9 Å². The Balaban J connectivity index is 0.000000213. The molecule has 0 saturated carbocycles. The first-order valence-electron chi connectivity index (χ1n) is 4.59. The molecule has 0 fully saturated rings. The van der Waals surface area contributed by atoms with Gasteiger partial charge in [-0.05, 0) is 19.1 Å². The van der Waals surface area contributed by atoms with Gasteiger partial charge in [0, 0.05) is 13.1 Å². The highest BCUT2D eigenvalue weighted by molar-refractivity contribution is 5.74. The second-order valence-electron chi connectivity index (χ2n) is 2.92. The highest BCUT2D eigenvalue weighted by Gasteiger charge is 1.93. The lowest BCUT2D eigenvalue weighted by Crippen LogP contribution is -2.11. The second kappa shape index (κ2) is 5.36. The normalized spacial score (nSPS) is 9.64. The predicted octanol–water partition coefficient (Wildman–Crippen LogP) is 0.775. The van der Waals surface area contributed by atoms with Crippen LogP contribution in [0.1, 0.15) is 5.82 Å². The first-order valence-corrected chi connectivity index (χ1v) is 4.59. The average molecular weight is 192 g/mol. The number of nitrogens with two attached hydrogens (primary N) is 2. The Kier molecular flexibility index (Phi) is 4.10. The van der Waals surface area contributed by atoms with Crippen LogP contribution in [0.4, 0.5) is 0 Å². The topological polar surface area (TPSA) is 80.7 Å². The largest absolute Gasteiger partial charge is 0.342 e. The number of aryl methyl sites for hydroxylation is 1. The Hall–Kier alpha value is -1.39. The van der Waals surface area contributed by atoms with Crippen LogP contribution in [-0.4, -0.2) is 23.1 Å². The van der Waals surface area contributed by atoms with E-state index in [4.69, 9.17) is 11.5 Å². The number of nitrogens with one attached hydrogen (secondary N) is 1. The number of nitrogens with zero attached hydrogens (tertiary/aromatic N) is 1. The van der Waals surface area contributed by atoms with Gasteiger partial charge in [0.2, 0.25) is 0 Å². The van der Waals surface area contributed by atoms with Crippen molar-refractivity contribution >= 4 is 11.0 Å². The van der Waals surface area contributed by atoms with E-state index in [0.29, 0.717) is 13.1 Å². The third-order valence-electron chi connectivity index (χ3n) is 1.67. The molecule has 1 aromatic heterocycles. The summed E-state index contributed by atoms with van der Waals surface area (Å²) in [5.41, 5.74) is 12.0. The summed E-state index contributed by atoms with van der Waals surface area (Å²) in [6.07, 6.45) is 0. The fourth-order valence-electron chi connectivity index (χ4n) is 1.08. The van der Waals surface area contributed by atoms with E-state index < -0.39 is 0 Å². The molecule has 0 spiro atoms. The molecular weight excluding hydrogens is 176 g/mol. The maximum Gasteiger partial charge on any atom is 0.104 e. The molecule has 0 aliphatic heterocycles. The van der Waals surface area contributed by atoms with E-state index >= 15 is 0 Å². The average Bonchev–Trinajstić information content (AvgIpc) is 2.58. The number of hydrogen-bond donors (Lipinski definition) is 3. The van der Waals surface area contributed by atoms with Crippen LogP contribution in [0.5, 0.6) is 0 Å². The number of benzene rings is 1. The molecular formula is C10H16N4. The van der Waals surface area contributed by atoms with Crippen molar-refractivity contribution in [3.05, 3.63) is 30.1 Å². The predicted molar refractivity (Wildman–Crippen MR) is 58.9 cm³/mol. The molecule has 2 aromatic rings. The number of para-hydroxylation sites is 2. The van der Waals surface area contributed by atoms with Crippen LogP contribution in [0, 0.1) is 6.92 Å². The standard InChI is InChI=1S/C8H8N2.C2H8N2/c1-6-9-7-4-2-3-5-8(7)10-6;3-1-2-4/h2-5H,1H3,(H,9,10);1-4H2. The Morgan fingerprint density at radius 1 is 1.21 bits per heavy atom. The monoisotopic (exact) mass is 192 g/mol. The van der Waals surface area contributed by atoms with E-state index in [9.17, 15) is 0 Å². The Bertz CT molecular complexity index is 345.